The summed E-state index contributed by atoms with van der Waals surface area (Å²) >= 11 is 0. The fourth-order valence-corrected chi connectivity index (χ4v) is 8.60. The Bertz CT molecular complexity index is 544. The lowest BCUT2D eigenvalue weighted by atomic mass is 9.44. The molecule has 4 aliphatic carbocycles. The third-order valence-corrected chi connectivity index (χ3v) is 10.3. The molecule has 0 amide bonds. The van der Waals surface area contributed by atoms with E-state index in [4.69, 9.17) is 0 Å². The van der Waals surface area contributed by atoms with Crippen molar-refractivity contribution in [1.29, 1.82) is 0 Å². The molecule has 0 saturated heterocycles. The van der Waals surface area contributed by atoms with Gasteiger partial charge in [0.15, 0.2) is 0 Å². The second-order valence-corrected chi connectivity index (χ2v) is 12.2. The van der Waals surface area contributed by atoms with E-state index < -0.39 is 0 Å². The van der Waals surface area contributed by atoms with Crippen LogP contribution in [-0.2, 0) is 0 Å². The van der Waals surface area contributed by atoms with Gasteiger partial charge >= 0.3 is 0 Å². The lowest BCUT2D eigenvalue weighted by Gasteiger charge is -2.61. The molecule has 4 rings (SSSR count). The highest BCUT2D eigenvalue weighted by Crippen LogP contribution is 2.68. The van der Waals surface area contributed by atoms with E-state index in [1.807, 2.05) is 0 Å². The smallest absolute Gasteiger partial charge is 0.0263 e. The average molecular weight is 371 g/mol. The van der Waals surface area contributed by atoms with Crippen molar-refractivity contribution >= 4 is 0 Å². The second kappa shape index (κ2) is 7.53. The van der Waals surface area contributed by atoms with Crippen molar-refractivity contribution in [1.82, 2.24) is 0 Å². The lowest BCUT2D eigenvalue weighted by molar-refractivity contribution is -0.116. The van der Waals surface area contributed by atoms with Gasteiger partial charge in [-0.15, -0.1) is 0 Å². The van der Waals surface area contributed by atoms with Gasteiger partial charge in [0, 0.05) is 0 Å². The highest BCUT2D eigenvalue weighted by Gasteiger charge is 2.59. The van der Waals surface area contributed by atoms with Crippen LogP contribution in [0.2, 0.25) is 0 Å². The normalized spacial score (nSPS) is 49.9. The first-order valence-electron chi connectivity index (χ1n) is 12.5. The first-order valence-corrected chi connectivity index (χ1v) is 12.5. The molecule has 0 aromatic heterocycles. The summed E-state index contributed by atoms with van der Waals surface area (Å²) < 4.78 is 0. The van der Waals surface area contributed by atoms with Crippen LogP contribution >= 0.6 is 0 Å². The molecule has 0 radical (unpaired) electrons. The fourth-order valence-electron chi connectivity index (χ4n) is 8.60. The Kier molecular flexibility index (Phi) is 5.59. The predicted octanol–water partition coefficient (Wildman–Crippen LogP) is 8.27. The third-order valence-electron chi connectivity index (χ3n) is 10.3. The molecule has 0 heterocycles. The van der Waals surface area contributed by atoms with Crippen molar-refractivity contribution in [3.8, 4) is 0 Å². The topological polar surface area (TPSA) is 0 Å². The van der Waals surface area contributed by atoms with Crippen LogP contribution in [0.15, 0.2) is 12.2 Å². The molecule has 0 N–H and O–H groups in total. The molecule has 4 saturated carbocycles. The highest BCUT2D eigenvalue weighted by atomic mass is 14.6. The molecular weight excluding hydrogens is 324 g/mol. The van der Waals surface area contributed by atoms with E-state index in [0.717, 1.165) is 41.4 Å². The quantitative estimate of drug-likeness (QED) is 0.437. The van der Waals surface area contributed by atoms with E-state index in [2.05, 4.69) is 46.8 Å². The van der Waals surface area contributed by atoms with Gasteiger partial charge in [0.2, 0.25) is 0 Å². The number of fused-ring (bicyclic) bond motifs is 5. The molecule has 0 heteroatoms. The van der Waals surface area contributed by atoms with Crippen molar-refractivity contribution in [2.24, 2.45) is 52.3 Å². The van der Waals surface area contributed by atoms with Crippen LogP contribution in [0, 0.1) is 52.3 Å². The second-order valence-electron chi connectivity index (χ2n) is 12.2. The summed E-state index contributed by atoms with van der Waals surface area (Å²) in [4.78, 5) is 0. The summed E-state index contributed by atoms with van der Waals surface area (Å²) in [5, 5.41) is 0. The van der Waals surface area contributed by atoms with Gasteiger partial charge in [0.05, 0.1) is 0 Å². The van der Waals surface area contributed by atoms with Crippen molar-refractivity contribution in [3.05, 3.63) is 12.2 Å². The number of hydrogen-bond acceptors (Lipinski definition) is 0. The molecule has 0 bridgehead atoms. The highest BCUT2D eigenvalue weighted by molar-refractivity contribution is 5.09. The van der Waals surface area contributed by atoms with E-state index in [1.54, 1.807) is 19.3 Å². The van der Waals surface area contributed by atoms with Gasteiger partial charge in [-0.25, -0.2) is 0 Å². The molecular formula is C27H46. The maximum atomic E-state index is 2.73. The monoisotopic (exact) mass is 370 g/mol. The van der Waals surface area contributed by atoms with Crippen molar-refractivity contribution < 1.29 is 0 Å². The summed E-state index contributed by atoms with van der Waals surface area (Å²) in [6.07, 6.45) is 21.4. The minimum Gasteiger partial charge on any atom is -0.0883 e. The molecule has 0 aromatic carbocycles. The van der Waals surface area contributed by atoms with E-state index in [-0.39, 0.29) is 0 Å². The Morgan fingerprint density at radius 3 is 2.37 bits per heavy atom. The van der Waals surface area contributed by atoms with Crippen LogP contribution in [0.25, 0.3) is 0 Å². The fraction of sp³-hybridized carbons (Fsp3) is 0.926. The maximum absolute atomic E-state index is 2.73. The van der Waals surface area contributed by atoms with E-state index in [1.165, 1.54) is 51.4 Å². The largest absolute Gasteiger partial charge is 0.0883 e. The maximum Gasteiger partial charge on any atom is -0.0263 e. The van der Waals surface area contributed by atoms with Crippen LogP contribution in [0.5, 0.6) is 0 Å². The lowest BCUT2D eigenvalue weighted by Crippen LogP contribution is -2.53. The van der Waals surface area contributed by atoms with Crippen molar-refractivity contribution in [2.45, 2.75) is 105 Å². The van der Waals surface area contributed by atoms with Gasteiger partial charge in [-0.3, -0.25) is 0 Å². The van der Waals surface area contributed by atoms with E-state index in [0.29, 0.717) is 10.8 Å². The summed E-state index contributed by atoms with van der Waals surface area (Å²) in [6.45, 7) is 12.6. The summed E-state index contributed by atoms with van der Waals surface area (Å²) in [5.41, 5.74) is 1.33. The minimum atomic E-state index is 0.647. The Hall–Kier alpha value is -0.260. The molecule has 0 nitrogen and oxygen atoms in total. The van der Waals surface area contributed by atoms with Crippen LogP contribution < -0.4 is 0 Å². The molecule has 154 valence electrons. The number of hydrogen-bond donors (Lipinski definition) is 0. The zero-order chi connectivity index (χ0) is 19.2. The Morgan fingerprint density at radius 2 is 1.59 bits per heavy atom. The summed E-state index contributed by atoms with van der Waals surface area (Å²) in [7, 11) is 0. The summed E-state index contributed by atoms with van der Waals surface area (Å²) in [5.74, 6) is 6.95. The third kappa shape index (κ3) is 3.46. The first kappa shape index (κ1) is 20.0. The van der Waals surface area contributed by atoms with Gasteiger partial charge in [-0.05, 0) is 116 Å². The first-order chi connectivity index (χ1) is 12.8. The van der Waals surface area contributed by atoms with Crippen LogP contribution in [0.1, 0.15) is 105 Å². The Labute approximate surface area is 170 Å². The molecule has 4 fully saturated rings. The van der Waals surface area contributed by atoms with Gasteiger partial charge in [0.1, 0.15) is 0 Å². The Morgan fingerprint density at radius 1 is 0.852 bits per heavy atom. The van der Waals surface area contributed by atoms with Crippen LogP contribution in [-0.4, -0.2) is 0 Å². The molecule has 0 aromatic rings. The van der Waals surface area contributed by atoms with E-state index >= 15 is 0 Å². The van der Waals surface area contributed by atoms with Crippen molar-refractivity contribution in [2.75, 3.05) is 0 Å². The molecule has 0 spiro atoms. The Balaban J connectivity index is 1.46. The number of rotatable bonds is 4. The van der Waals surface area contributed by atoms with Crippen LogP contribution in [0.3, 0.4) is 0 Å². The van der Waals surface area contributed by atoms with Gasteiger partial charge in [-0.2, -0.15) is 0 Å². The van der Waals surface area contributed by atoms with Crippen molar-refractivity contribution in [3.63, 3.8) is 0 Å². The zero-order valence-corrected chi connectivity index (χ0v) is 19.0. The zero-order valence-electron chi connectivity index (χ0n) is 19.0. The van der Waals surface area contributed by atoms with Gasteiger partial charge < -0.3 is 0 Å². The average Bonchev–Trinajstić information content (AvgIpc) is 2.96. The molecule has 27 heavy (non-hydrogen) atoms. The minimum absolute atomic E-state index is 0.647. The summed E-state index contributed by atoms with van der Waals surface area (Å²) in [6, 6.07) is 0. The predicted molar refractivity (Wildman–Crippen MR) is 118 cm³/mol. The standard InChI is InChI=1S/C27H46/c1-19(2)8-6-7-9-21-11-13-24-23-12-10-22-18-20(3)14-16-27(22,5)25(23)15-17-26(21,24)4/h6-7,19-25H,8-18H2,1-5H3/b7-6+/t20-,21?,22?,23?,24?,25?,26+,27-/m0/s1. The van der Waals surface area contributed by atoms with Crippen LogP contribution in [0.4, 0.5) is 0 Å². The molecule has 8 atom stereocenters. The number of allylic oxidation sites excluding steroid dienone is 2. The van der Waals surface area contributed by atoms with E-state index in [9.17, 15) is 0 Å². The SMILES string of the molecule is CC(C)C/C=C/CC1CCC2C3CCC4C[C@@H](C)CC[C@]4(C)C3CC[C@]12C. The molecule has 0 aliphatic heterocycles. The van der Waals surface area contributed by atoms with Gasteiger partial charge in [0.25, 0.3) is 0 Å². The van der Waals surface area contributed by atoms with Gasteiger partial charge in [-0.1, -0.05) is 53.2 Å². The molecule has 4 aliphatic rings. The molecule has 5 unspecified atom stereocenters.